The highest BCUT2D eigenvalue weighted by molar-refractivity contribution is 5.67. The van der Waals surface area contributed by atoms with Crippen molar-refractivity contribution < 1.29 is 19.4 Å². The summed E-state index contributed by atoms with van der Waals surface area (Å²) in [5, 5.41) is 8.93. The summed E-state index contributed by atoms with van der Waals surface area (Å²) in [6.07, 6.45) is 2.50. The van der Waals surface area contributed by atoms with Crippen LogP contribution >= 0.6 is 0 Å². The molecule has 4 nitrogen and oxygen atoms in total. The lowest BCUT2D eigenvalue weighted by Gasteiger charge is -2.35. The Kier molecular flexibility index (Phi) is 2.21. The van der Waals surface area contributed by atoms with Crippen molar-refractivity contribution in [1.29, 1.82) is 0 Å². The fourth-order valence-corrected chi connectivity index (χ4v) is 3.53. The molecule has 0 spiro atoms. The van der Waals surface area contributed by atoms with Gasteiger partial charge in [-0.05, 0) is 30.6 Å². The average Bonchev–Trinajstić information content (AvgIpc) is 2.42. The van der Waals surface area contributed by atoms with Crippen LogP contribution in [0.2, 0.25) is 0 Å². The van der Waals surface area contributed by atoms with Crippen LogP contribution in [0, 0.1) is 23.7 Å². The first-order valence-corrected chi connectivity index (χ1v) is 5.70. The number of carboxylic acids is 1. The van der Waals surface area contributed by atoms with Gasteiger partial charge in [0.25, 0.3) is 0 Å². The number of carboxylic acid groups (broad SMARTS) is 1. The van der Waals surface area contributed by atoms with Crippen LogP contribution in [0.4, 0.5) is 0 Å². The van der Waals surface area contributed by atoms with E-state index in [2.05, 4.69) is 0 Å². The van der Waals surface area contributed by atoms with E-state index in [9.17, 15) is 4.79 Å². The van der Waals surface area contributed by atoms with Crippen LogP contribution < -0.4 is 0 Å². The lowest BCUT2D eigenvalue weighted by atomic mass is 9.67. The smallest absolute Gasteiger partial charge is 0.303 e. The largest absolute Gasteiger partial charge is 0.481 e. The molecule has 3 saturated heterocycles. The number of fused-ring (bicyclic) bond motifs is 2. The molecule has 0 aromatic rings. The zero-order valence-electron chi connectivity index (χ0n) is 8.59. The molecule has 1 saturated carbocycles. The second-order valence-electron chi connectivity index (χ2n) is 4.96. The number of hydrogen-bond acceptors (Lipinski definition) is 3. The van der Waals surface area contributed by atoms with Gasteiger partial charge in [-0.3, -0.25) is 4.79 Å². The maximum Gasteiger partial charge on any atom is 0.303 e. The van der Waals surface area contributed by atoms with Crippen LogP contribution in [-0.4, -0.2) is 30.6 Å². The fraction of sp³-hybridized carbons (Fsp3) is 0.909. The summed E-state index contributed by atoms with van der Waals surface area (Å²) in [6.45, 7) is 1.39. The molecule has 4 rings (SSSR count). The zero-order chi connectivity index (χ0) is 10.4. The van der Waals surface area contributed by atoms with Crippen LogP contribution in [0.1, 0.15) is 19.3 Å². The monoisotopic (exact) mass is 212 g/mol. The van der Waals surface area contributed by atoms with Gasteiger partial charge in [-0.1, -0.05) is 0 Å². The molecule has 4 bridgehead atoms. The molecule has 84 valence electrons. The molecular formula is C11H16O4. The Labute approximate surface area is 88.6 Å². The topological polar surface area (TPSA) is 55.8 Å². The van der Waals surface area contributed by atoms with Crippen molar-refractivity contribution in [2.75, 3.05) is 13.2 Å². The molecule has 1 aliphatic carbocycles. The lowest BCUT2D eigenvalue weighted by Crippen LogP contribution is -2.35. The number of hydrogen-bond donors (Lipinski definition) is 1. The van der Waals surface area contributed by atoms with E-state index >= 15 is 0 Å². The van der Waals surface area contributed by atoms with Crippen molar-refractivity contribution in [3.05, 3.63) is 0 Å². The van der Waals surface area contributed by atoms with E-state index in [0.717, 1.165) is 12.8 Å². The molecule has 4 aliphatic rings. The van der Waals surface area contributed by atoms with Gasteiger partial charge in [0.05, 0.1) is 13.2 Å². The third-order valence-electron chi connectivity index (χ3n) is 4.26. The first-order chi connectivity index (χ1) is 7.25. The molecule has 0 aromatic heterocycles. The molecule has 0 amide bonds. The fourth-order valence-electron chi connectivity index (χ4n) is 3.53. The van der Waals surface area contributed by atoms with Gasteiger partial charge >= 0.3 is 5.97 Å². The maximum absolute atomic E-state index is 10.8. The number of ether oxygens (including phenoxy) is 2. The Hall–Kier alpha value is -0.610. The minimum absolute atomic E-state index is 0.0428. The second-order valence-corrected chi connectivity index (χ2v) is 4.96. The third kappa shape index (κ3) is 1.47. The molecule has 5 atom stereocenters. The first kappa shape index (κ1) is 9.60. The predicted octanol–water partition coefficient (Wildman–Crippen LogP) is 1.11. The summed E-state index contributed by atoms with van der Waals surface area (Å²) in [6, 6.07) is 0. The van der Waals surface area contributed by atoms with Gasteiger partial charge in [-0.15, -0.1) is 0 Å². The van der Waals surface area contributed by atoms with E-state index in [0.29, 0.717) is 31.0 Å². The number of aliphatic carboxylic acids is 1. The highest BCUT2D eigenvalue weighted by Gasteiger charge is 2.51. The highest BCUT2D eigenvalue weighted by atomic mass is 16.7. The van der Waals surface area contributed by atoms with Gasteiger partial charge in [0.15, 0.2) is 6.29 Å². The second kappa shape index (κ2) is 3.46. The Balaban J connectivity index is 1.85. The number of rotatable bonds is 2. The standard InChI is InChI=1S/C11H16O4/c12-10(13)3-8-6-1-2-7-9(8)5-15-11(7)14-4-6/h6-9,11H,1-5H2,(H,12,13)/t6?,7?,8-,9+,11-/m0/s1. The van der Waals surface area contributed by atoms with Gasteiger partial charge in [-0.2, -0.15) is 0 Å². The summed E-state index contributed by atoms with van der Waals surface area (Å²) >= 11 is 0. The van der Waals surface area contributed by atoms with Gasteiger partial charge in [-0.25, -0.2) is 0 Å². The lowest BCUT2D eigenvalue weighted by molar-refractivity contribution is -0.142. The van der Waals surface area contributed by atoms with Gasteiger partial charge < -0.3 is 14.6 Å². The maximum atomic E-state index is 10.8. The summed E-state index contributed by atoms with van der Waals surface area (Å²) in [7, 11) is 0. The Morgan fingerprint density at radius 2 is 2.00 bits per heavy atom. The Morgan fingerprint density at radius 1 is 1.20 bits per heavy atom. The van der Waals surface area contributed by atoms with E-state index in [4.69, 9.17) is 14.6 Å². The molecule has 3 heterocycles. The van der Waals surface area contributed by atoms with Crippen LogP contribution in [0.15, 0.2) is 0 Å². The predicted molar refractivity (Wildman–Crippen MR) is 51.1 cm³/mol. The van der Waals surface area contributed by atoms with Crippen molar-refractivity contribution >= 4 is 5.97 Å². The minimum Gasteiger partial charge on any atom is -0.481 e. The SMILES string of the molecule is O=C(O)C[C@H]1C2CCC3[C@@H](OC2)OC[C@H]31. The minimum atomic E-state index is -0.684. The van der Waals surface area contributed by atoms with Gasteiger partial charge in [0.1, 0.15) is 0 Å². The molecule has 2 unspecified atom stereocenters. The van der Waals surface area contributed by atoms with Crippen LogP contribution in [-0.2, 0) is 14.3 Å². The van der Waals surface area contributed by atoms with E-state index in [-0.39, 0.29) is 18.6 Å². The summed E-state index contributed by atoms with van der Waals surface area (Å²) in [5.41, 5.74) is 0. The third-order valence-corrected chi connectivity index (χ3v) is 4.26. The quantitative estimate of drug-likeness (QED) is 0.744. The van der Waals surface area contributed by atoms with Crippen LogP contribution in [0.3, 0.4) is 0 Å². The molecule has 15 heavy (non-hydrogen) atoms. The number of carbonyl (C=O) groups is 1. The van der Waals surface area contributed by atoms with Crippen LogP contribution in [0.5, 0.6) is 0 Å². The molecule has 4 fully saturated rings. The van der Waals surface area contributed by atoms with E-state index < -0.39 is 5.97 Å². The molecule has 0 aromatic carbocycles. The van der Waals surface area contributed by atoms with Crippen molar-refractivity contribution in [1.82, 2.24) is 0 Å². The van der Waals surface area contributed by atoms with E-state index in [1.54, 1.807) is 0 Å². The molecule has 0 radical (unpaired) electrons. The highest BCUT2D eigenvalue weighted by Crippen LogP contribution is 2.49. The molecule has 4 heteroatoms. The molecular weight excluding hydrogens is 196 g/mol. The van der Waals surface area contributed by atoms with Crippen molar-refractivity contribution in [3.8, 4) is 0 Å². The zero-order valence-corrected chi connectivity index (χ0v) is 8.59. The average molecular weight is 212 g/mol. The normalized spacial score (nSPS) is 47.9. The van der Waals surface area contributed by atoms with Crippen LogP contribution in [0.25, 0.3) is 0 Å². The van der Waals surface area contributed by atoms with Gasteiger partial charge in [0.2, 0.25) is 0 Å². The Bertz CT molecular complexity index is 278. The van der Waals surface area contributed by atoms with Crippen molar-refractivity contribution in [3.63, 3.8) is 0 Å². The molecule has 1 N–H and O–H groups in total. The van der Waals surface area contributed by atoms with Gasteiger partial charge in [0, 0.05) is 12.3 Å². The van der Waals surface area contributed by atoms with E-state index in [1.807, 2.05) is 0 Å². The van der Waals surface area contributed by atoms with E-state index in [1.165, 1.54) is 0 Å². The summed E-state index contributed by atoms with van der Waals surface area (Å²) in [5.74, 6) is 0.904. The Morgan fingerprint density at radius 3 is 2.80 bits per heavy atom. The van der Waals surface area contributed by atoms with Crippen molar-refractivity contribution in [2.24, 2.45) is 23.7 Å². The summed E-state index contributed by atoms with van der Waals surface area (Å²) in [4.78, 5) is 10.8. The summed E-state index contributed by atoms with van der Waals surface area (Å²) < 4.78 is 11.3. The van der Waals surface area contributed by atoms with Crippen molar-refractivity contribution in [2.45, 2.75) is 25.6 Å². The first-order valence-electron chi connectivity index (χ1n) is 5.70. The molecule has 3 aliphatic heterocycles.